The van der Waals surface area contributed by atoms with E-state index < -0.39 is 29.8 Å². The van der Waals surface area contributed by atoms with Crippen LogP contribution in [0.25, 0.3) is 10.8 Å². The average molecular weight is 826 g/mol. The molecule has 10 heteroatoms. The highest BCUT2D eigenvalue weighted by atomic mass is 16.5. The van der Waals surface area contributed by atoms with Gasteiger partial charge in [-0.3, -0.25) is 4.79 Å². The quantitative estimate of drug-likeness (QED) is 0.0475. The number of ketones is 1. The summed E-state index contributed by atoms with van der Waals surface area (Å²) in [6.45, 7) is -0.201. The van der Waals surface area contributed by atoms with E-state index in [1.165, 1.54) is 13.2 Å². The van der Waals surface area contributed by atoms with Gasteiger partial charge in [0.1, 0.15) is 11.5 Å². The fraction of sp³-hybridized carbons (Fsp3) is 0.353. The highest BCUT2D eigenvalue weighted by Gasteiger charge is 2.42. The van der Waals surface area contributed by atoms with E-state index in [1.54, 1.807) is 49.8 Å². The Morgan fingerprint density at radius 1 is 0.852 bits per heavy atom. The van der Waals surface area contributed by atoms with Gasteiger partial charge in [-0.25, -0.2) is 0 Å². The second-order valence-corrected chi connectivity index (χ2v) is 16.6. The second-order valence-electron chi connectivity index (χ2n) is 16.6. The summed E-state index contributed by atoms with van der Waals surface area (Å²) in [4.78, 5) is 19.4. The van der Waals surface area contributed by atoms with Crippen molar-refractivity contribution in [2.75, 3.05) is 20.8 Å². The van der Waals surface area contributed by atoms with E-state index in [9.17, 15) is 25.5 Å². The lowest BCUT2D eigenvalue weighted by Crippen LogP contribution is -2.44. The highest BCUT2D eigenvalue weighted by Crippen LogP contribution is 2.40. The fourth-order valence-corrected chi connectivity index (χ4v) is 9.16. The minimum atomic E-state index is -1.59. The standard InChI is InChI=1S/C51H57N2O8/c1-52-30-35-22-40(27-41(55)23-35)51(32-54,29-33-15-17-45(56)48(24-33)61-42-12-4-3-5-13-42)49(59)28-47(58)39(21-34-19-20-53-31-34)25-38-16-18-46(57)50(60-2)44(38)26-37-11-8-10-36-9-6-7-14-43(36)37/h6-11,14-20,22-24,27,31,39,42,47,52,54-58H,3-5,12-13,21,25-26,28-30,32H2,1-2H3/q-1/t39-,47-,51+/m1/s1. The third-order valence-electron chi connectivity index (χ3n) is 12.4. The molecule has 6 N–H and O–H groups in total. The Morgan fingerprint density at radius 2 is 1.64 bits per heavy atom. The first-order valence-electron chi connectivity index (χ1n) is 21.3. The van der Waals surface area contributed by atoms with Crippen molar-refractivity contribution in [2.45, 2.75) is 88.4 Å². The van der Waals surface area contributed by atoms with Crippen LogP contribution < -0.4 is 19.8 Å². The molecule has 0 spiro atoms. The second kappa shape index (κ2) is 19.7. The number of carbonyl (C=O) groups excluding carboxylic acids is 1. The molecule has 7 rings (SSSR count). The number of Topliss-reactive ketones (excluding diaryl/α,β-unsaturated/α-hetero) is 1. The molecule has 1 heterocycles. The molecule has 3 atom stereocenters. The Labute approximate surface area is 357 Å². The number of nitrogens with one attached hydrogen (secondary N) is 1. The molecule has 320 valence electrons. The summed E-state index contributed by atoms with van der Waals surface area (Å²) >= 11 is 0. The third kappa shape index (κ3) is 10.0. The molecule has 5 aromatic carbocycles. The number of hydrogen-bond donors (Lipinski definition) is 6. The molecule has 61 heavy (non-hydrogen) atoms. The SMILES string of the molecule is CNCc1cc(O)cc([C@@](CO)(Cc2ccc(O)c(OC3CCCCC3)c2)C(=O)C[C@@H](O)[C@H](Cc2cc[n-]c2)Cc2ccc(O)c(OC)c2Cc2cccc3ccccc23)c1. The summed E-state index contributed by atoms with van der Waals surface area (Å²) < 4.78 is 12.1. The fourth-order valence-electron chi connectivity index (χ4n) is 9.16. The van der Waals surface area contributed by atoms with Gasteiger partial charge in [-0.05, 0) is 127 Å². The van der Waals surface area contributed by atoms with E-state index in [1.807, 2.05) is 36.4 Å². The molecule has 1 fully saturated rings. The molecule has 0 amide bonds. The largest absolute Gasteiger partial charge is 0.670 e. The zero-order chi connectivity index (χ0) is 42.9. The number of methoxy groups -OCH3 is 1. The summed E-state index contributed by atoms with van der Waals surface area (Å²) in [5, 5.41) is 61.9. The number of phenols is 3. The Hall–Kier alpha value is -5.81. The number of nitrogens with zero attached hydrogens (tertiary/aromatic N) is 1. The van der Waals surface area contributed by atoms with Crippen LogP contribution in [0, 0.1) is 5.92 Å². The van der Waals surface area contributed by atoms with Crippen LogP contribution in [0.5, 0.6) is 28.7 Å². The zero-order valence-electron chi connectivity index (χ0n) is 35.0. The molecule has 10 nitrogen and oxygen atoms in total. The molecule has 1 aromatic heterocycles. The lowest BCUT2D eigenvalue weighted by Gasteiger charge is -2.34. The van der Waals surface area contributed by atoms with Crippen molar-refractivity contribution in [2.24, 2.45) is 5.92 Å². The number of aliphatic hydroxyl groups is 2. The van der Waals surface area contributed by atoms with Crippen molar-refractivity contribution < 1.29 is 39.8 Å². The van der Waals surface area contributed by atoms with E-state index in [0.29, 0.717) is 48.4 Å². The van der Waals surface area contributed by atoms with Gasteiger partial charge >= 0.3 is 0 Å². The number of benzene rings is 5. The normalized spacial score (nSPS) is 15.3. The first kappa shape index (κ1) is 43.3. The number of aliphatic hydroxyl groups excluding tert-OH is 2. The van der Waals surface area contributed by atoms with Crippen molar-refractivity contribution in [1.29, 1.82) is 0 Å². The molecule has 6 aromatic rings. The summed E-state index contributed by atoms with van der Waals surface area (Å²) in [5.41, 5.74) is 3.77. The Morgan fingerprint density at radius 3 is 2.39 bits per heavy atom. The van der Waals surface area contributed by atoms with Crippen LogP contribution in [-0.4, -0.2) is 64.3 Å². The van der Waals surface area contributed by atoms with Gasteiger partial charge in [-0.1, -0.05) is 78.7 Å². The minimum Gasteiger partial charge on any atom is -0.670 e. The Bertz CT molecular complexity index is 2400. The van der Waals surface area contributed by atoms with Gasteiger partial charge in [0.2, 0.25) is 0 Å². The first-order valence-corrected chi connectivity index (χ1v) is 21.3. The predicted molar refractivity (Wildman–Crippen MR) is 237 cm³/mol. The van der Waals surface area contributed by atoms with Gasteiger partial charge in [-0.2, -0.15) is 12.4 Å². The van der Waals surface area contributed by atoms with Crippen LogP contribution in [0.3, 0.4) is 0 Å². The number of aromatic nitrogens is 1. The van der Waals surface area contributed by atoms with Gasteiger partial charge in [0.05, 0.1) is 31.3 Å². The molecule has 1 aliphatic carbocycles. The number of fused-ring (bicyclic) bond motifs is 1. The molecular formula is C51H57N2O8-. The Balaban J connectivity index is 1.24. The van der Waals surface area contributed by atoms with E-state index in [0.717, 1.165) is 70.7 Å². The van der Waals surface area contributed by atoms with Crippen molar-refractivity contribution in [3.63, 3.8) is 0 Å². The monoisotopic (exact) mass is 825 g/mol. The summed E-state index contributed by atoms with van der Waals surface area (Å²) in [6, 6.07) is 29.6. The number of carbonyl (C=O) groups is 1. The average Bonchev–Trinajstić information content (AvgIpc) is 3.78. The highest BCUT2D eigenvalue weighted by molar-refractivity contribution is 5.91. The van der Waals surface area contributed by atoms with Crippen molar-refractivity contribution >= 4 is 16.6 Å². The number of hydrogen-bond acceptors (Lipinski definition) is 9. The maximum Gasteiger partial charge on any atom is 0.164 e. The van der Waals surface area contributed by atoms with E-state index in [2.05, 4.69) is 34.6 Å². The predicted octanol–water partition coefficient (Wildman–Crippen LogP) is 7.84. The molecule has 0 unspecified atom stereocenters. The molecule has 0 aliphatic heterocycles. The van der Waals surface area contributed by atoms with E-state index in [4.69, 9.17) is 9.47 Å². The molecular weight excluding hydrogens is 769 g/mol. The van der Waals surface area contributed by atoms with Crippen LogP contribution in [0.1, 0.15) is 77.5 Å². The summed E-state index contributed by atoms with van der Waals surface area (Å²) in [5.74, 6) is -0.285. The maximum atomic E-state index is 15.1. The van der Waals surface area contributed by atoms with E-state index in [-0.39, 0.29) is 36.2 Å². The molecule has 0 radical (unpaired) electrons. The molecule has 1 saturated carbocycles. The van der Waals surface area contributed by atoms with Crippen LogP contribution in [0.2, 0.25) is 0 Å². The van der Waals surface area contributed by atoms with Gasteiger partial charge < -0.3 is 45.3 Å². The molecule has 1 aliphatic rings. The van der Waals surface area contributed by atoms with Crippen LogP contribution in [-0.2, 0) is 42.4 Å². The number of aromatic hydroxyl groups is 3. The minimum absolute atomic E-state index is 0.00476. The summed E-state index contributed by atoms with van der Waals surface area (Å²) in [6.07, 6.45) is 8.17. The molecule has 0 bridgehead atoms. The van der Waals surface area contributed by atoms with Crippen molar-refractivity contribution in [3.8, 4) is 28.7 Å². The topological polar surface area (TPSA) is 163 Å². The van der Waals surface area contributed by atoms with Crippen LogP contribution in [0.4, 0.5) is 0 Å². The van der Waals surface area contributed by atoms with Crippen LogP contribution in [0.15, 0.2) is 109 Å². The van der Waals surface area contributed by atoms with Gasteiger partial charge in [0.15, 0.2) is 23.0 Å². The van der Waals surface area contributed by atoms with Gasteiger partial charge in [0.25, 0.3) is 0 Å². The van der Waals surface area contributed by atoms with Crippen LogP contribution >= 0.6 is 0 Å². The lowest BCUT2D eigenvalue weighted by atomic mass is 9.70. The first-order chi connectivity index (χ1) is 29.6. The maximum absolute atomic E-state index is 15.1. The van der Waals surface area contributed by atoms with Crippen molar-refractivity contribution in [1.82, 2.24) is 10.3 Å². The Kier molecular flexibility index (Phi) is 14.0. The van der Waals surface area contributed by atoms with Crippen molar-refractivity contribution in [3.05, 3.63) is 148 Å². The smallest absolute Gasteiger partial charge is 0.164 e. The number of rotatable bonds is 19. The zero-order valence-corrected chi connectivity index (χ0v) is 35.0. The lowest BCUT2D eigenvalue weighted by molar-refractivity contribution is -0.129. The van der Waals surface area contributed by atoms with Gasteiger partial charge in [0, 0.05) is 24.9 Å². The summed E-state index contributed by atoms with van der Waals surface area (Å²) in [7, 11) is 3.32. The van der Waals surface area contributed by atoms with E-state index >= 15 is 4.79 Å². The van der Waals surface area contributed by atoms with Gasteiger partial charge in [-0.15, -0.1) is 0 Å². The number of ether oxygens (including phenoxy) is 2. The number of phenolic OH excluding ortho intramolecular Hbond substituents is 3. The third-order valence-corrected chi connectivity index (χ3v) is 12.4. The molecule has 0 saturated heterocycles.